The molecule has 1 aliphatic rings. The maximum atomic E-state index is 12.4. The molecule has 1 aliphatic carbocycles. The molecule has 0 aliphatic heterocycles. The van der Waals surface area contributed by atoms with Gasteiger partial charge < -0.3 is 15.0 Å². The zero-order valence-corrected chi connectivity index (χ0v) is 16.0. The highest BCUT2D eigenvalue weighted by Crippen LogP contribution is 2.37. The van der Waals surface area contributed by atoms with Crippen LogP contribution in [0.5, 0.6) is 5.75 Å². The summed E-state index contributed by atoms with van der Waals surface area (Å²) in [6.45, 7) is 1.11. The lowest BCUT2D eigenvalue weighted by Crippen LogP contribution is -3.08. The molecule has 1 aromatic carbocycles. The van der Waals surface area contributed by atoms with Crippen LogP contribution in [0.15, 0.2) is 24.3 Å². The summed E-state index contributed by atoms with van der Waals surface area (Å²) >= 11 is 1.57. The van der Waals surface area contributed by atoms with Gasteiger partial charge in [-0.05, 0) is 55.5 Å². The summed E-state index contributed by atoms with van der Waals surface area (Å²) in [5, 5.41) is 13.2. The lowest BCUT2D eigenvalue weighted by Gasteiger charge is -2.14. The van der Waals surface area contributed by atoms with Crippen LogP contribution in [0.4, 0.5) is 5.00 Å². The van der Waals surface area contributed by atoms with Gasteiger partial charge >= 0.3 is 0 Å². The molecule has 1 aromatic heterocycles. The van der Waals surface area contributed by atoms with Crippen molar-refractivity contribution in [2.45, 2.75) is 32.2 Å². The first kappa shape index (κ1) is 18.4. The number of methoxy groups -OCH3 is 1. The third-order valence-electron chi connectivity index (χ3n) is 4.66. The van der Waals surface area contributed by atoms with E-state index in [0.29, 0.717) is 12.1 Å². The number of hydrogen-bond acceptors (Lipinski definition) is 4. The van der Waals surface area contributed by atoms with Gasteiger partial charge in [0.2, 0.25) is 0 Å². The summed E-state index contributed by atoms with van der Waals surface area (Å²) in [7, 11) is 3.64. The van der Waals surface area contributed by atoms with E-state index in [0.717, 1.165) is 52.6 Å². The molecular weight excluding hydrogens is 346 g/mol. The molecule has 136 valence electrons. The quantitative estimate of drug-likeness (QED) is 0.819. The van der Waals surface area contributed by atoms with E-state index in [4.69, 9.17) is 4.74 Å². The Morgan fingerprint density at radius 1 is 1.31 bits per heavy atom. The number of carbonyl (C=O) groups excluding carboxylic acids is 1. The summed E-state index contributed by atoms with van der Waals surface area (Å²) in [5.41, 5.74) is 2.98. The van der Waals surface area contributed by atoms with Crippen molar-refractivity contribution in [3.8, 4) is 11.8 Å². The number of thiophene rings is 1. The number of ether oxygens (including phenoxy) is 1. The highest BCUT2D eigenvalue weighted by molar-refractivity contribution is 7.16. The maximum absolute atomic E-state index is 12.4. The van der Waals surface area contributed by atoms with E-state index in [9.17, 15) is 10.1 Å². The second-order valence-electron chi connectivity index (χ2n) is 6.73. The van der Waals surface area contributed by atoms with Gasteiger partial charge in [-0.2, -0.15) is 5.26 Å². The highest BCUT2D eigenvalue weighted by atomic mass is 32.1. The molecular formula is C20H24N3O2S+. The van der Waals surface area contributed by atoms with Crippen LogP contribution in [-0.2, 0) is 24.2 Å². The van der Waals surface area contributed by atoms with Crippen molar-refractivity contribution in [2.24, 2.45) is 0 Å². The van der Waals surface area contributed by atoms with E-state index >= 15 is 0 Å². The Morgan fingerprint density at radius 2 is 2.04 bits per heavy atom. The van der Waals surface area contributed by atoms with Gasteiger partial charge in [0.05, 0.1) is 19.7 Å². The predicted octanol–water partition coefficient (Wildman–Crippen LogP) is 2.16. The number of rotatable bonds is 6. The largest absolute Gasteiger partial charge is 0.497 e. The Hall–Kier alpha value is -2.36. The number of hydrogen-bond donors (Lipinski definition) is 2. The zero-order valence-electron chi connectivity index (χ0n) is 15.2. The Kier molecular flexibility index (Phi) is 5.92. The van der Waals surface area contributed by atoms with Gasteiger partial charge in [-0.25, -0.2) is 0 Å². The minimum absolute atomic E-state index is 0.0499. The molecule has 0 fully saturated rings. The number of anilines is 1. The number of carbonyl (C=O) groups is 1. The van der Waals surface area contributed by atoms with Crippen molar-refractivity contribution in [2.75, 3.05) is 26.0 Å². The Bertz CT molecular complexity index is 821. The van der Waals surface area contributed by atoms with Crippen LogP contribution >= 0.6 is 11.3 Å². The Balaban J connectivity index is 1.60. The van der Waals surface area contributed by atoms with Gasteiger partial charge in [0, 0.05) is 10.4 Å². The fraction of sp³-hybridized carbons (Fsp3) is 0.400. The van der Waals surface area contributed by atoms with Crippen LogP contribution in [0.25, 0.3) is 0 Å². The van der Waals surface area contributed by atoms with Crippen molar-refractivity contribution >= 4 is 22.2 Å². The van der Waals surface area contributed by atoms with Crippen molar-refractivity contribution < 1.29 is 14.4 Å². The molecule has 0 saturated heterocycles. The molecule has 1 unspecified atom stereocenters. The SMILES string of the molecule is COc1ccc(C[NH+](C)CC(=O)Nc2sc3c(c2C#N)CCCC3)cc1. The third-order valence-corrected chi connectivity index (χ3v) is 5.87. The minimum Gasteiger partial charge on any atom is -0.497 e. The van der Waals surface area contributed by atoms with Crippen LogP contribution in [0.3, 0.4) is 0 Å². The van der Waals surface area contributed by atoms with Crippen LogP contribution < -0.4 is 15.0 Å². The van der Waals surface area contributed by atoms with E-state index in [2.05, 4.69) is 11.4 Å². The van der Waals surface area contributed by atoms with Crippen LogP contribution in [0.2, 0.25) is 0 Å². The second-order valence-corrected chi connectivity index (χ2v) is 7.84. The van der Waals surface area contributed by atoms with Crippen LogP contribution in [0, 0.1) is 11.3 Å². The average molecular weight is 370 g/mol. The molecule has 26 heavy (non-hydrogen) atoms. The topological polar surface area (TPSA) is 66.6 Å². The molecule has 2 aromatic rings. The number of nitrogens with zero attached hydrogens (tertiary/aromatic N) is 1. The standard InChI is InChI=1S/C20H23N3O2S/c1-23(12-14-7-9-15(25-2)10-8-14)13-19(24)22-20-17(11-21)16-5-3-4-6-18(16)26-20/h7-10H,3-6,12-13H2,1-2H3,(H,22,24)/p+1. The monoisotopic (exact) mass is 370 g/mol. The number of aryl methyl sites for hydroxylation is 1. The highest BCUT2D eigenvalue weighted by Gasteiger charge is 2.22. The van der Waals surface area contributed by atoms with E-state index in [1.165, 1.54) is 11.3 Å². The fourth-order valence-corrected chi connectivity index (χ4v) is 4.63. The first-order chi connectivity index (χ1) is 12.6. The minimum atomic E-state index is -0.0499. The van der Waals surface area contributed by atoms with Crippen molar-refractivity contribution in [1.82, 2.24) is 0 Å². The number of benzene rings is 1. The average Bonchev–Trinajstić information content (AvgIpc) is 2.98. The van der Waals surface area contributed by atoms with E-state index in [1.54, 1.807) is 18.4 Å². The molecule has 0 saturated carbocycles. The lowest BCUT2D eigenvalue weighted by molar-refractivity contribution is -0.885. The van der Waals surface area contributed by atoms with Gasteiger partial charge in [0.1, 0.15) is 23.4 Å². The second kappa shape index (κ2) is 8.35. The van der Waals surface area contributed by atoms with Gasteiger partial charge in [-0.15, -0.1) is 11.3 Å². The molecule has 5 nitrogen and oxygen atoms in total. The van der Waals surface area contributed by atoms with Crippen LogP contribution in [-0.4, -0.2) is 26.6 Å². The Labute approximate surface area is 158 Å². The number of quaternary nitrogens is 1. The normalized spacial score (nSPS) is 14.2. The predicted molar refractivity (Wildman–Crippen MR) is 103 cm³/mol. The summed E-state index contributed by atoms with van der Waals surface area (Å²) < 4.78 is 5.17. The van der Waals surface area contributed by atoms with E-state index in [1.807, 2.05) is 31.3 Å². The molecule has 6 heteroatoms. The zero-order chi connectivity index (χ0) is 18.5. The van der Waals surface area contributed by atoms with E-state index < -0.39 is 0 Å². The molecule has 1 heterocycles. The summed E-state index contributed by atoms with van der Waals surface area (Å²) in [4.78, 5) is 14.8. The molecule has 0 spiro atoms. The Morgan fingerprint density at radius 3 is 2.73 bits per heavy atom. The maximum Gasteiger partial charge on any atom is 0.280 e. The third kappa shape index (κ3) is 4.24. The van der Waals surface area contributed by atoms with Crippen molar-refractivity contribution in [1.29, 1.82) is 5.26 Å². The number of fused-ring (bicyclic) bond motifs is 1. The summed E-state index contributed by atoms with van der Waals surface area (Å²) in [6.07, 6.45) is 4.27. The van der Waals surface area contributed by atoms with Gasteiger partial charge in [-0.1, -0.05) is 0 Å². The first-order valence-electron chi connectivity index (χ1n) is 8.89. The lowest BCUT2D eigenvalue weighted by atomic mass is 9.96. The molecule has 1 atom stereocenters. The molecule has 2 N–H and O–H groups in total. The van der Waals surface area contributed by atoms with Crippen LogP contribution in [0.1, 0.15) is 34.4 Å². The van der Waals surface area contributed by atoms with Gasteiger partial charge in [0.25, 0.3) is 5.91 Å². The van der Waals surface area contributed by atoms with E-state index in [-0.39, 0.29) is 5.91 Å². The fourth-order valence-electron chi connectivity index (χ4n) is 3.37. The smallest absolute Gasteiger partial charge is 0.280 e. The first-order valence-corrected chi connectivity index (χ1v) is 9.71. The molecule has 0 radical (unpaired) electrons. The molecule has 1 amide bonds. The number of likely N-dealkylation sites (N-methyl/N-ethyl adjacent to an activating group) is 1. The number of nitriles is 1. The van der Waals surface area contributed by atoms with Crippen molar-refractivity contribution in [3.05, 3.63) is 45.8 Å². The van der Waals surface area contributed by atoms with Gasteiger partial charge in [0.15, 0.2) is 6.54 Å². The molecule has 3 rings (SSSR count). The molecule has 0 bridgehead atoms. The number of amides is 1. The summed E-state index contributed by atoms with van der Waals surface area (Å²) in [6, 6.07) is 10.2. The summed E-state index contributed by atoms with van der Waals surface area (Å²) in [5.74, 6) is 0.779. The van der Waals surface area contributed by atoms with Crippen molar-refractivity contribution in [3.63, 3.8) is 0 Å². The van der Waals surface area contributed by atoms with Gasteiger partial charge in [-0.3, -0.25) is 4.79 Å². The number of nitrogens with one attached hydrogen (secondary N) is 2.